The van der Waals surface area contributed by atoms with Gasteiger partial charge in [-0.2, -0.15) is 0 Å². The van der Waals surface area contributed by atoms with Crippen LogP contribution < -0.4 is 19.6 Å². The van der Waals surface area contributed by atoms with E-state index >= 15 is 0 Å². The Balaban J connectivity index is 2.15. The van der Waals surface area contributed by atoms with Crippen molar-refractivity contribution in [2.75, 3.05) is 33.9 Å². The monoisotopic (exact) mass is 425 g/mol. The average molecular weight is 425 g/mol. The molecule has 3 rings (SSSR count). The number of fused-ring (bicyclic) bond motifs is 1. The normalized spacial score (nSPS) is 10.7. The zero-order valence-corrected chi connectivity index (χ0v) is 18.5. The summed E-state index contributed by atoms with van der Waals surface area (Å²) in [6, 6.07) is 10.5. The van der Waals surface area contributed by atoms with E-state index in [1.54, 1.807) is 42.3 Å². The van der Waals surface area contributed by atoms with Crippen molar-refractivity contribution in [1.82, 2.24) is 4.90 Å². The maximum absolute atomic E-state index is 13.3. The zero-order valence-electron chi connectivity index (χ0n) is 18.5. The Bertz CT molecular complexity index is 1150. The quantitative estimate of drug-likeness (QED) is 0.542. The van der Waals surface area contributed by atoms with Crippen LogP contribution in [-0.4, -0.2) is 44.7 Å². The van der Waals surface area contributed by atoms with Gasteiger partial charge in [0.15, 0.2) is 23.9 Å². The molecule has 164 valence electrons. The van der Waals surface area contributed by atoms with Gasteiger partial charge in [0, 0.05) is 18.7 Å². The third-order valence-electron chi connectivity index (χ3n) is 5.11. The summed E-state index contributed by atoms with van der Waals surface area (Å²) >= 11 is 0. The predicted molar refractivity (Wildman–Crippen MR) is 119 cm³/mol. The zero-order chi connectivity index (χ0) is 22.5. The van der Waals surface area contributed by atoms with E-state index in [-0.39, 0.29) is 29.5 Å². The van der Waals surface area contributed by atoms with Crippen LogP contribution >= 0.6 is 0 Å². The predicted octanol–water partition coefficient (Wildman–Crippen LogP) is 4.03. The fourth-order valence-electron chi connectivity index (χ4n) is 3.38. The van der Waals surface area contributed by atoms with Crippen molar-refractivity contribution >= 4 is 16.9 Å². The molecule has 0 aliphatic rings. The molecule has 1 amide bonds. The van der Waals surface area contributed by atoms with Crippen LogP contribution in [0.15, 0.2) is 45.6 Å². The van der Waals surface area contributed by atoms with E-state index in [1.807, 2.05) is 26.8 Å². The number of aryl methyl sites for hydroxylation is 1. The molecule has 0 bridgehead atoms. The summed E-state index contributed by atoms with van der Waals surface area (Å²) in [4.78, 5) is 27.4. The number of amides is 1. The minimum Gasteiger partial charge on any atom is -0.493 e. The highest BCUT2D eigenvalue weighted by atomic mass is 16.5. The summed E-state index contributed by atoms with van der Waals surface area (Å²) in [5, 5.41) is 0.389. The molecule has 7 nitrogen and oxygen atoms in total. The Morgan fingerprint density at radius 2 is 1.71 bits per heavy atom. The van der Waals surface area contributed by atoms with Gasteiger partial charge in [0.05, 0.1) is 19.6 Å². The lowest BCUT2D eigenvalue weighted by Gasteiger charge is -2.19. The second-order valence-corrected chi connectivity index (χ2v) is 7.01. The van der Waals surface area contributed by atoms with E-state index in [0.29, 0.717) is 41.1 Å². The molecule has 31 heavy (non-hydrogen) atoms. The van der Waals surface area contributed by atoms with Gasteiger partial charge in [-0.1, -0.05) is 6.07 Å². The molecule has 1 aromatic heterocycles. The van der Waals surface area contributed by atoms with Gasteiger partial charge in [0.1, 0.15) is 5.58 Å². The van der Waals surface area contributed by atoms with Crippen molar-refractivity contribution in [3.63, 3.8) is 0 Å². The summed E-state index contributed by atoms with van der Waals surface area (Å²) in [7, 11) is 3.07. The first kappa shape index (κ1) is 22.2. The fraction of sp³-hybridized carbons (Fsp3) is 0.333. The van der Waals surface area contributed by atoms with Crippen LogP contribution in [0, 0.1) is 6.92 Å². The Kier molecular flexibility index (Phi) is 6.84. The summed E-state index contributed by atoms with van der Waals surface area (Å²) in [5.74, 6) is 1.05. The summed E-state index contributed by atoms with van der Waals surface area (Å²) in [6.45, 7) is 6.57. The molecule has 0 spiro atoms. The second kappa shape index (κ2) is 9.55. The average Bonchev–Trinajstić information content (AvgIpc) is 2.78. The highest BCUT2D eigenvalue weighted by molar-refractivity contribution is 5.83. The van der Waals surface area contributed by atoms with Gasteiger partial charge in [-0.15, -0.1) is 0 Å². The molecule has 0 aliphatic heterocycles. The maximum atomic E-state index is 13.3. The van der Waals surface area contributed by atoms with Crippen molar-refractivity contribution < 1.29 is 23.4 Å². The highest BCUT2D eigenvalue weighted by Crippen LogP contribution is 2.36. The van der Waals surface area contributed by atoms with Crippen LogP contribution in [0.25, 0.3) is 22.3 Å². The summed E-state index contributed by atoms with van der Waals surface area (Å²) in [6.07, 6.45) is 0. The van der Waals surface area contributed by atoms with Crippen LogP contribution in [0.1, 0.15) is 19.4 Å². The fourth-order valence-corrected chi connectivity index (χ4v) is 3.38. The highest BCUT2D eigenvalue weighted by Gasteiger charge is 2.21. The molecule has 0 radical (unpaired) electrons. The standard InChI is InChI=1S/C24H27NO6/c1-6-25(7-2)21(26)14-30-24-22(27)17-10-8-15(3)12-19(17)31-23(24)16-9-11-18(28-4)20(13-16)29-5/h8-13H,6-7,14H2,1-5H3. The number of hydrogen-bond donors (Lipinski definition) is 0. The first-order valence-corrected chi connectivity index (χ1v) is 10.1. The second-order valence-electron chi connectivity index (χ2n) is 7.01. The third-order valence-corrected chi connectivity index (χ3v) is 5.11. The van der Waals surface area contributed by atoms with Crippen LogP contribution in [0.4, 0.5) is 0 Å². The van der Waals surface area contributed by atoms with Gasteiger partial charge < -0.3 is 23.5 Å². The molecule has 2 aromatic carbocycles. The minimum absolute atomic E-state index is 0.0101. The van der Waals surface area contributed by atoms with E-state index in [1.165, 1.54) is 7.11 Å². The first-order chi connectivity index (χ1) is 14.9. The van der Waals surface area contributed by atoms with Gasteiger partial charge in [0.25, 0.3) is 5.91 Å². The molecule has 0 saturated carbocycles. The molecular formula is C24H27NO6. The van der Waals surface area contributed by atoms with E-state index in [2.05, 4.69) is 0 Å². The number of carbonyl (C=O) groups excluding carboxylic acids is 1. The molecule has 0 saturated heterocycles. The third kappa shape index (κ3) is 4.50. The lowest BCUT2D eigenvalue weighted by atomic mass is 10.1. The smallest absolute Gasteiger partial charge is 0.260 e. The van der Waals surface area contributed by atoms with Gasteiger partial charge >= 0.3 is 0 Å². The number of ether oxygens (including phenoxy) is 3. The van der Waals surface area contributed by atoms with E-state index in [9.17, 15) is 9.59 Å². The Labute approximate surface area is 181 Å². The number of methoxy groups -OCH3 is 2. The molecule has 3 aromatic rings. The van der Waals surface area contributed by atoms with Gasteiger partial charge in [-0.25, -0.2) is 0 Å². The SMILES string of the molecule is CCN(CC)C(=O)COc1c(-c2ccc(OC)c(OC)c2)oc2cc(C)ccc2c1=O. The number of rotatable bonds is 8. The number of likely N-dealkylation sites (N-methyl/N-ethyl adjacent to an activating group) is 1. The van der Waals surface area contributed by atoms with Crippen molar-refractivity contribution in [1.29, 1.82) is 0 Å². The van der Waals surface area contributed by atoms with Gasteiger partial charge in [-0.3, -0.25) is 9.59 Å². The number of nitrogens with zero attached hydrogens (tertiary/aromatic N) is 1. The molecule has 0 fully saturated rings. The van der Waals surface area contributed by atoms with Crippen LogP contribution in [0.3, 0.4) is 0 Å². The van der Waals surface area contributed by atoms with Gasteiger partial charge in [0.2, 0.25) is 11.2 Å². The molecular weight excluding hydrogens is 398 g/mol. The van der Waals surface area contributed by atoms with Crippen molar-refractivity contribution in [2.45, 2.75) is 20.8 Å². The Morgan fingerprint density at radius 3 is 2.35 bits per heavy atom. The largest absolute Gasteiger partial charge is 0.493 e. The molecule has 7 heteroatoms. The van der Waals surface area contributed by atoms with Crippen LogP contribution in [-0.2, 0) is 4.79 Å². The van der Waals surface area contributed by atoms with E-state index < -0.39 is 0 Å². The van der Waals surface area contributed by atoms with Crippen molar-refractivity contribution in [3.8, 4) is 28.6 Å². The van der Waals surface area contributed by atoms with Crippen molar-refractivity contribution in [2.24, 2.45) is 0 Å². The Morgan fingerprint density at radius 1 is 1.00 bits per heavy atom. The first-order valence-electron chi connectivity index (χ1n) is 10.1. The van der Waals surface area contributed by atoms with Crippen molar-refractivity contribution in [3.05, 3.63) is 52.2 Å². The Hall–Kier alpha value is -3.48. The molecule has 1 heterocycles. The summed E-state index contributed by atoms with van der Waals surface area (Å²) in [5.41, 5.74) is 1.64. The van der Waals surface area contributed by atoms with Crippen LogP contribution in [0.2, 0.25) is 0 Å². The lowest BCUT2D eigenvalue weighted by Crippen LogP contribution is -2.35. The summed E-state index contributed by atoms with van der Waals surface area (Å²) < 4.78 is 22.6. The maximum Gasteiger partial charge on any atom is 0.260 e. The molecule has 0 aliphatic carbocycles. The molecule has 0 atom stereocenters. The molecule has 0 unspecified atom stereocenters. The van der Waals surface area contributed by atoms with E-state index in [0.717, 1.165) is 5.56 Å². The van der Waals surface area contributed by atoms with Gasteiger partial charge in [-0.05, 0) is 56.7 Å². The van der Waals surface area contributed by atoms with E-state index in [4.69, 9.17) is 18.6 Å². The minimum atomic E-state index is -0.335. The number of hydrogen-bond acceptors (Lipinski definition) is 6. The molecule has 0 N–H and O–H groups in total. The topological polar surface area (TPSA) is 78.2 Å². The number of benzene rings is 2. The lowest BCUT2D eigenvalue weighted by molar-refractivity contribution is -0.132. The number of carbonyl (C=O) groups is 1. The van der Waals surface area contributed by atoms with Crippen LogP contribution in [0.5, 0.6) is 17.2 Å².